The lowest BCUT2D eigenvalue weighted by molar-refractivity contribution is -0.135. The van der Waals surface area contributed by atoms with Gasteiger partial charge in [-0.3, -0.25) is 9.69 Å². The highest BCUT2D eigenvalue weighted by Gasteiger charge is 2.34. The fraction of sp³-hybridized carbons (Fsp3) is 0.190. The van der Waals surface area contributed by atoms with Gasteiger partial charge in [-0.15, -0.1) is 0 Å². The molecule has 1 aliphatic heterocycles. The van der Waals surface area contributed by atoms with Crippen molar-refractivity contribution >= 4 is 34.5 Å². The Morgan fingerprint density at radius 2 is 1.80 bits per heavy atom. The van der Waals surface area contributed by atoms with Crippen LogP contribution in [0.2, 0.25) is 0 Å². The summed E-state index contributed by atoms with van der Waals surface area (Å²) in [7, 11) is 4.30. The maximum Gasteiger partial charge on any atom is 0.331 e. The van der Waals surface area contributed by atoms with Crippen LogP contribution in [0.3, 0.4) is 0 Å². The average Bonchev–Trinajstić information content (AvgIpc) is 3.03. The molecule has 0 N–H and O–H groups in total. The van der Waals surface area contributed by atoms with Gasteiger partial charge in [-0.25, -0.2) is 14.2 Å². The van der Waals surface area contributed by atoms with Crippen LogP contribution in [0.15, 0.2) is 58.4 Å². The summed E-state index contributed by atoms with van der Waals surface area (Å²) >= 11 is 1.04. The van der Waals surface area contributed by atoms with E-state index in [1.807, 2.05) is 0 Å². The Hall–Kier alpha value is -3.33. The maximum atomic E-state index is 13.2. The molecule has 2 aromatic rings. The van der Waals surface area contributed by atoms with Crippen molar-refractivity contribution in [3.05, 3.63) is 64.8 Å². The number of aliphatic imine (C=N–C) groups is 1. The Balaban J connectivity index is 1.96. The third-order valence-electron chi connectivity index (χ3n) is 4.18. The van der Waals surface area contributed by atoms with Crippen LogP contribution in [-0.2, 0) is 20.9 Å². The standard InChI is InChI=1S/C21H19FN2O5S/c1-27-16-9-4-13(10-17(16)28-2)12-24-20(26)18(11-19(25)29-3)30-21(24)23-15-7-5-14(22)6-8-15/h4-11H,12H2,1-3H3. The van der Waals surface area contributed by atoms with Gasteiger partial charge < -0.3 is 14.2 Å². The van der Waals surface area contributed by atoms with Crippen molar-refractivity contribution in [2.45, 2.75) is 6.54 Å². The summed E-state index contributed by atoms with van der Waals surface area (Å²) in [6, 6.07) is 10.9. The number of amidine groups is 1. The molecule has 0 saturated carbocycles. The minimum atomic E-state index is -0.639. The zero-order valence-corrected chi connectivity index (χ0v) is 17.4. The van der Waals surface area contributed by atoms with Crippen molar-refractivity contribution in [2.24, 2.45) is 4.99 Å². The second-order valence-corrected chi connectivity index (χ2v) is 7.09. The number of benzene rings is 2. The number of thioether (sulfide) groups is 1. The largest absolute Gasteiger partial charge is 0.493 e. The SMILES string of the molecule is COC(=O)C=C1SC(=Nc2ccc(F)cc2)N(Cc2ccc(OC)c(OC)c2)C1=O. The molecule has 0 spiro atoms. The molecule has 7 nitrogen and oxygen atoms in total. The second-order valence-electron chi connectivity index (χ2n) is 6.09. The molecule has 1 saturated heterocycles. The van der Waals surface area contributed by atoms with E-state index in [9.17, 15) is 14.0 Å². The van der Waals surface area contributed by atoms with Gasteiger partial charge in [0.1, 0.15) is 5.82 Å². The number of amides is 1. The fourth-order valence-electron chi connectivity index (χ4n) is 2.68. The molecule has 9 heteroatoms. The first-order valence-electron chi connectivity index (χ1n) is 8.79. The van der Waals surface area contributed by atoms with Crippen molar-refractivity contribution in [1.29, 1.82) is 0 Å². The van der Waals surface area contributed by atoms with E-state index in [4.69, 9.17) is 9.47 Å². The van der Waals surface area contributed by atoms with Crippen LogP contribution in [-0.4, -0.2) is 43.3 Å². The summed E-state index contributed by atoms with van der Waals surface area (Å²) in [6.45, 7) is 0.185. The first-order valence-corrected chi connectivity index (χ1v) is 9.61. The van der Waals surface area contributed by atoms with E-state index in [0.29, 0.717) is 22.4 Å². The lowest BCUT2D eigenvalue weighted by Crippen LogP contribution is -2.28. The first kappa shape index (κ1) is 21.4. The number of hydrogen-bond acceptors (Lipinski definition) is 7. The first-order chi connectivity index (χ1) is 14.4. The summed E-state index contributed by atoms with van der Waals surface area (Å²) in [5, 5.41) is 0.358. The Morgan fingerprint density at radius 1 is 1.10 bits per heavy atom. The number of methoxy groups -OCH3 is 3. The molecule has 30 heavy (non-hydrogen) atoms. The number of carbonyl (C=O) groups is 2. The molecule has 0 aliphatic carbocycles. The molecular weight excluding hydrogens is 411 g/mol. The highest BCUT2D eigenvalue weighted by atomic mass is 32.2. The smallest absolute Gasteiger partial charge is 0.331 e. The zero-order valence-electron chi connectivity index (χ0n) is 16.5. The van der Waals surface area contributed by atoms with Crippen LogP contribution in [0.1, 0.15) is 5.56 Å². The lowest BCUT2D eigenvalue weighted by atomic mass is 10.2. The van der Waals surface area contributed by atoms with Gasteiger partial charge in [0.15, 0.2) is 16.7 Å². The third kappa shape index (κ3) is 4.80. The van der Waals surface area contributed by atoms with Crippen LogP contribution in [0.4, 0.5) is 10.1 Å². The number of nitrogens with zero attached hydrogens (tertiary/aromatic N) is 2. The second kappa shape index (κ2) is 9.45. The number of carbonyl (C=O) groups excluding carboxylic acids is 2. The van der Waals surface area contributed by atoms with Crippen LogP contribution in [0.25, 0.3) is 0 Å². The van der Waals surface area contributed by atoms with Crippen molar-refractivity contribution in [3.8, 4) is 11.5 Å². The minimum Gasteiger partial charge on any atom is -0.493 e. The maximum absolute atomic E-state index is 13.2. The molecular formula is C21H19FN2O5S. The molecule has 1 amide bonds. The molecule has 1 aliphatic rings. The third-order valence-corrected chi connectivity index (χ3v) is 5.18. The van der Waals surface area contributed by atoms with Gasteiger partial charge in [0.05, 0.1) is 38.5 Å². The van der Waals surface area contributed by atoms with E-state index in [1.54, 1.807) is 18.2 Å². The predicted molar refractivity (Wildman–Crippen MR) is 111 cm³/mol. The van der Waals surface area contributed by atoms with Gasteiger partial charge in [0.25, 0.3) is 5.91 Å². The number of hydrogen-bond donors (Lipinski definition) is 0. The fourth-order valence-corrected chi connectivity index (χ4v) is 3.64. The number of esters is 1. The normalized spacial score (nSPS) is 16.3. The molecule has 2 aromatic carbocycles. The van der Waals surface area contributed by atoms with E-state index < -0.39 is 5.97 Å². The lowest BCUT2D eigenvalue weighted by Gasteiger charge is -2.17. The van der Waals surface area contributed by atoms with Gasteiger partial charge >= 0.3 is 5.97 Å². The van der Waals surface area contributed by atoms with Crippen LogP contribution in [0.5, 0.6) is 11.5 Å². The average molecular weight is 430 g/mol. The van der Waals surface area contributed by atoms with Crippen molar-refractivity contribution in [2.75, 3.05) is 21.3 Å². The van der Waals surface area contributed by atoms with Gasteiger partial charge in [-0.1, -0.05) is 6.07 Å². The molecule has 3 rings (SSSR count). The summed E-state index contributed by atoms with van der Waals surface area (Å²) in [4.78, 5) is 30.6. The van der Waals surface area contributed by atoms with Crippen LogP contribution in [0, 0.1) is 5.82 Å². The summed E-state index contributed by atoms with van der Waals surface area (Å²) in [5.74, 6) is -0.324. The van der Waals surface area contributed by atoms with Crippen molar-refractivity contribution in [3.63, 3.8) is 0 Å². The van der Waals surface area contributed by atoms with E-state index in [0.717, 1.165) is 23.4 Å². The Morgan fingerprint density at radius 3 is 2.43 bits per heavy atom. The molecule has 0 bridgehead atoms. The molecule has 0 aromatic heterocycles. The highest BCUT2D eigenvalue weighted by Crippen LogP contribution is 2.35. The molecule has 1 heterocycles. The van der Waals surface area contributed by atoms with Gasteiger partial charge in [-0.05, 0) is 53.7 Å². The van der Waals surface area contributed by atoms with Gasteiger partial charge in [-0.2, -0.15) is 0 Å². The number of ether oxygens (including phenoxy) is 3. The van der Waals surface area contributed by atoms with Gasteiger partial charge in [0, 0.05) is 6.08 Å². The van der Waals surface area contributed by atoms with E-state index in [2.05, 4.69) is 9.73 Å². The van der Waals surface area contributed by atoms with E-state index in [1.165, 1.54) is 50.5 Å². The highest BCUT2D eigenvalue weighted by molar-refractivity contribution is 8.18. The summed E-state index contributed by atoms with van der Waals surface area (Å²) < 4.78 is 28.4. The topological polar surface area (TPSA) is 77.4 Å². The van der Waals surface area contributed by atoms with E-state index in [-0.39, 0.29) is 23.2 Å². The molecule has 156 valence electrons. The Bertz CT molecular complexity index is 1020. The Kier molecular flexibility index (Phi) is 6.73. The van der Waals surface area contributed by atoms with E-state index >= 15 is 0 Å². The number of rotatable bonds is 6. The van der Waals surface area contributed by atoms with Crippen LogP contribution >= 0.6 is 11.8 Å². The molecule has 0 radical (unpaired) electrons. The van der Waals surface area contributed by atoms with Gasteiger partial charge in [0.2, 0.25) is 0 Å². The monoisotopic (exact) mass is 430 g/mol. The molecule has 1 fully saturated rings. The molecule has 0 unspecified atom stereocenters. The van der Waals surface area contributed by atoms with Crippen LogP contribution < -0.4 is 9.47 Å². The quantitative estimate of drug-likeness (QED) is 0.514. The Labute approximate surface area is 177 Å². The summed E-state index contributed by atoms with van der Waals surface area (Å²) in [6.07, 6.45) is 1.13. The molecule has 0 atom stereocenters. The predicted octanol–water partition coefficient (Wildman–Crippen LogP) is 3.66. The van der Waals surface area contributed by atoms with Crippen molar-refractivity contribution in [1.82, 2.24) is 4.90 Å². The minimum absolute atomic E-state index is 0.184. The summed E-state index contributed by atoms with van der Waals surface area (Å²) in [5.41, 5.74) is 1.25. The number of halogens is 1. The van der Waals surface area contributed by atoms with Crippen molar-refractivity contribution < 1.29 is 28.2 Å². The zero-order chi connectivity index (χ0) is 21.7.